The summed E-state index contributed by atoms with van der Waals surface area (Å²) in [6.45, 7) is 1.73. The van der Waals surface area contributed by atoms with Crippen molar-refractivity contribution in [1.29, 1.82) is 0 Å². The van der Waals surface area contributed by atoms with Crippen molar-refractivity contribution >= 4 is 15.9 Å². The summed E-state index contributed by atoms with van der Waals surface area (Å²) in [5.41, 5.74) is 0.904. The third-order valence-corrected chi connectivity index (χ3v) is 2.61. The summed E-state index contributed by atoms with van der Waals surface area (Å²) in [7, 11) is 0. The van der Waals surface area contributed by atoms with E-state index in [1.165, 1.54) is 12.1 Å². The van der Waals surface area contributed by atoms with Gasteiger partial charge in [-0.05, 0) is 43.5 Å². The minimum atomic E-state index is -0.338. The molecule has 0 amide bonds. The Labute approximate surface area is 85.7 Å². The highest BCUT2D eigenvalue weighted by atomic mass is 79.9. The van der Waals surface area contributed by atoms with Crippen molar-refractivity contribution < 1.29 is 9.50 Å². The first-order valence-corrected chi connectivity index (χ1v) is 5.01. The Bertz CT molecular complexity index is 286. The molecule has 0 saturated carbocycles. The predicted molar refractivity (Wildman–Crippen MR) is 54.1 cm³/mol. The number of benzene rings is 1. The number of halogens is 2. The van der Waals surface area contributed by atoms with Gasteiger partial charge < -0.3 is 5.11 Å². The summed E-state index contributed by atoms with van der Waals surface area (Å²) < 4.78 is 13.7. The number of aliphatic hydroxyl groups excluding tert-OH is 1. The Morgan fingerprint density at radius 2 is 2.23 bits per heavy atom. The average molecular weight is 247 g/mol. The lowest BCUT2D eigenvalue weighted by atomic mass is 10.1. The van der Waals surface area contributed by atoms with E-state index in [1.807, 2.05) is 0 Å². The third kappa shape index (κ3) is 3.44. The van der Waals surface area contributed by atoms with E-state index in [0.29, 0.717) is 12.8 Å². The summed E-state index contributed by atoms with van der Waals surface area (Å²) >= 11 is 3.33. The molecule has 0 heterocycles. The van der Waals surface area contributed by atoms with E-state index in [0.717, 1.165) is 10.0 Å². The van der Waals surface area contributed by atoms with E-state index in [1.54, 1.807) is 13.0 Å². The quantitative estimate of drug-likeness (QED) is 0.870. The summed E-state index contributed by atoms with van der Waals surface area (Å²) in [4.78, 5) is 0. The van der Waals surface area contributed by atoms with Crippen molar-refractivity contribution in [3.8, 4) is 0 Å². The van der Waals surface area contributed by atoms with Crippen LogP contribution in [0.1, 0.15) is 18.9 Å². The number of hydrogen-bond acceptors (Lipinski definition) is 1. The van der Waals surface area contributed by atoms with Gasteiger partial charge in [0.25, 0.3) is 0 Å². The maximum absolute atomic E-state index is 12.8. The van der Waals surface area contributed by atoms with Crippen LogP contribution in [0.3, 0.4) is 0 Å². The van der Waals surface area contributed by atoms with Gasteiger partial charge in [0.1, 0.15) is 5.82 Å². The molecule has 1 N–H and O–H groups in total. The Morgan fingerprint density at radius 3 is 2.85 bits per heavy atom. The van der Waals surface area contributed by atoms with Gasteiger partial charge in [-0.3, -0.25) is 0 Å². The molecule has 0 aliphatic carbocycles. The third-order valence-electron chi connectivity index (χ3n) is 1.84. The van der Waals surface area contributed by atoms with Crippen LogP contribution in [-0.4, -0.2) is 11.2 Å². The standard InChI is InChI=1S/C10H12BrFO/c1-7(13)2-3-8-6-9(12)4-5-10(8)11/h4-7,13H,2-3H2,1H3/t7-/m0/s1. The van der Waals surface area contributed by atoms with E-state index in [-0.39, 0.29) is 11.9 Å². The van der Waals surface area contributed by atoms with Crippen molar-refractivity contribution in [3.05, 3.63) is 34.1 Å². The molecule has 3 heteroatoms. The van der Waals surface area contributed by atoms with Gasteiger partial charge in [-0.1, -0.05) is 15.9 Å². The first-order valence-electron chi connectivity index (χ1n) is 4.21. The molecule has 1 atom stereocenters. The summed E-state index contributed by atoms with van der Waals surface area (Å²) in [6.07, 6.45) is 1.01. The van der Waals surface area contributed by atoms with E-state index >= 15 is 0 Å². The fourth-order valence-electron chi connectivity index (χ4n) is 1.10. The molecule has 1 aromatic rings. The molecule has 0 aliphatic heterocycles. The van der Waals surface area contributed by atoms with Crippen molar-refractivity contribution in [2.24, 2.45) is 0 Å². The maximum atomic E-state index is 12.8. The summed E-state index contributed by atoms with van der Waals surface area (Å²) in [5.74, 6) is -0.233. The lowest BCUT2D eigenvalue weighted by molar-refractivity contribution is 0.185. The second kappa shape index (κ2) is 4.72. The average Bonchev–Trinajstić information content (AvgIpc) is 2.06. The molecular weight excluding hydrogens is 235 g/mol. The van der Waals surface area contributed by atoms with E-state index in [9.17, 15) is 4.39 Å². The molecule has 13 heavy (non-hydrogen) atoms. The van der Waals surface area contributed by atoms with Crippen molar-refractivity contribution in [3.63, 3.8) is 0 Å². The van der Waals surface area contributed by atoms with Gasteiger partial charge >= 0.3 is 0 Å². The van der Waals surface area contributed by atoms with Gasteiger partial charge in [0.2, 0.25) is 0 Å². The first kappa shape index (κ1) is 10.7. The topological polar surface area (TPSA) is 20.2 Å². The second-order valence-electron chi connectivity index (χ2n) is 3.12. The van der Waals surface area contributed by atoms with Crippen LogP contribution in [0.5, 0.6) is 0 Å². The van der Waals surface area contributed by atoms with E-state index < -0.39 is 0 Å². The van der Waals surface area contributed by atoms with Gasteiger partial charge in [0.05, 0.1) is 6.10 Å². The van der Waals surface area contributed by atoms with Crippen LogP contribution in [0, 0.1) is 5.82 Å². The Balaban J connectivity index is 2.70. The highest BCUT2D eigenvalue weighted by Gasteiger charge is 2.03. The molecule has 0 radical (unpaired) electrons. The lowest BCUT2D eigenvalue weighted by Gasteiger charge is -2.06. The largest absolute Gasteiger partial charge is 0.393 e. The molecule has 1 nitrogen and oxygen atoms in total. The van der Waals surface area contributed by atoms with Gasteiger partial charge in [0.15, 0.2) is 0 Å². The van der Waals surface area contributed by atoms with Gasteiger partial charge in [-0.2, -0.15) is 0 Å². The Kier molecular flexibility index (Phi) is 3.88. The van der Waals surface area contributed by atoms with Crippen LogP contribution in [0.2, 0.25) is 0 Å². The molecular formula is C10H12BrFO. The van der Waals surface area contributed by atoms with Crippen LogP contribution in [0.4, 0.5) is 4.39 Å². The number of aryl methyl sites for hydroxylation is 1. The molecule has 0 spiro atoms. The molecule has 0 aliphatic rings. The fraction of sp³-hybridized carbons (Fsp3) is 0.400. The molecule has 0 aromatic heterocycles. The van der Waals surface area contributed by atoms with Crippen LogP contribution < -0.4 is 0 Å². The number of rotatable bonds is 3. The van der Waals surface area contributed by atoms with Crippen LogP contribution >= 0.6 is 15.9 Å². The molecule has 0 unspecified atom stereocenters. The second-order valence-corrected chi connectivity index (χ2v) is 3.98. The molecule has 72 valence electrons. The van der Waals surface area contributed by atoms with Gasteiger partial charge in [-0.15, -0.1) is 0 Å². The maximum Gasteiger partial charge on any atom is 0.123 e. The highest BCUT2D eigenvalue weighted by Crippen LogP contribution is 2.19. The first-order chi connectivity index (χ1) is 6.09. The SMILES string of the molecule is C[C@H](O)CCc1cc(F)ccc1Br. The zero-order valence-corrected chi connectivity index (χ0v) is 9.01. The van der Waals surface area contributed by atoms with Crippen molar-refractivity contribution in [2.75, 3.05) is 0 Å². The van der Waals surface area contributed by atoms with Gasteiger partial charge in [0, 0.05) is 4.47 Å². The van der Waals surface area contributed by atoms with Gasteiger partial charge in [-0.25, -0.2) is 4.39 Å². The zero-order chi connectivity index (χ0) is 9.84. The zero-order valence-electron chi connectivity index (χ0n) is 7.43. The van der Waals surface area contributed by atoms with E-state index in [2.05, 4.69) is 15.9 Å². The van der Waals surface area contributed by atoms with Crippen LogP contribution in [0.25, 0.3) is 0 Å². The molecule has 1 rings (SSSR count). The monoisotopic (exact) mass is 246 g/mol. The Hall–Kier alpha value is -0.410. The number of hydrogen-bond donors (Lipinski definition) is 1. The fourth-order valence-corrected chi connectivity index (χ4v) is 1.54. The minimum absolute atomic E-state index is 0.233. The molecule has 0 fully saturated rings. The molecule has 0 bridgehead atoms. The molecule has 0 saturated heterocycles. The summed E-state index contributed by atoms with van der Waals surface area (Å²) in [5, 5.41) is 9.06. The smallest absolute Gasteiger partial charge is 0.123 e. The van der Waals surface area contributed by atoms with Crippen molar-refractivity contribution in [1.82, 2.24) is 0 Å². The van der Waals surface area contributed by atoms with Crippen molar-refractivity contribution in [2.45, 2.75) is 25.9 Å². The lowest BCUT2D eigenvalue weighted by Crippen LogP contribution is -2.01. The predicted octanol–water partition coefficient (Wildman–Crippen LogP) is 2.90. The normalized spacial score (nSPS) is 12.9. The van der Waals surface area contributed by atoms with E-state index in [4.69, 9.17) is 5.11 Å². The minimum Gasteiger partial charge on any atom is -0.393 e. The molecule has 1 aromatic carbocycles. The number of aliphatic hydroxyl groups is 1. The van der Waals surface area contributed by atoms with Crippen LogP contribution in [-0.2, 0) is 6.42 Å². The Morgan fingerprint density at radius 1 is 1.54 bits per heavy atom. The summed E-state index contributed by atoms with van der Waals surface area (Å²) in [6, 6.07) is 4.59. The highest BCUT2D eigenvalue weighted by molar-refractivity contribution is 9.10. The van der Waals surface area contributed by atoms with Crippen LogP contribution in [0.15, 0.2) is 22.7 Å².